The molecule has 1 fully saturated rings. The third kappa shape index (κ3) is 4.40. The lowest BCUT2D eigenvalue weighted by atomic mass is 10.1. The highest BCUT2D eigenvalue weighted by Gasteiger charge is 2.25. The van der Waals surface area contributed by atoms with Crippen molar-refractivity contribution in [2.45, 2.75) is 38.6 Å². The average Bonchev–Trinajstić information content (AvgIpc) is 2.62. The molecular formula is C18H29N3O3S. The molecule has 1 aromatic carbocycles. The molecular weight excluding hydrogens is 338 g/mol. The molecule has 2 rings (SSSR count). The van der Waals surface area contributed by atoms with Crippen LogP contribution in [0.2, 0.25) is 0 Å². The van der Waals surface area contributed by atoms with Gasteiger partial charge in [-0.1, -0.05) is 13.8 Å². The van der Waals surface area contributed by atoms with E-state index in [1.54, 1.807) is 12.1 Å². The van der Waals surface area contributed by atoms with Gasteiger partial charge < -0.3 is 4.90 Å². The van der Waals surface area contributed by atoms with Crippen molar-refractivity contribution in [3.05, 3.63) is 29.8 Å². The molecule has 0 aromatic heterocycles. The summed E-state index contributed by atoms with van der Waals surface area (Å²) in [5.41, 5.74) is 0.538. The maximum atomic E-state index is 12.6. The fourth-order valence-corrected chi connectivity index (χ4v) is 4.56. The number of sulfonamides is 1. The normalized spacial score (nSPS) is 16.6. The molecule has 0 atom stereocenters. The Balaban J connectivity index is 2.09. The van der Waals surface area contributed by atoms with E-state index < -0.39 is 10.0 Å². The monoisotopic (exact) mass is 367 g/mol. The van der Waals surface area contributed by atoms with Crippen molar-refractivity contribution in [3.63, 3.8) is 0 Å². The summed E-state index contributed by atoms with van der Waals surface area (Å²) in [6, 6.07) is 6.79. The zero-order valence-electron chi connectivity index (χ0n) is 15.6. The number of hydrogen-bond acceptors (Lipinski definition) is 4. The molecule has 25 heavy (non-hydrogen) atoms. The standard InChI is InChI=1S/C18H29N3O3S/c1-5-21(6-2)25(23,24)17-9-7-16(8-10-17)18(22)20-13-11-19(12-14-20)15(3)4/h7-10,15H,5-6,11-14H2,1-4H3. The summed E-state index contributed by atoms with van der Waals surface area (Å²) in [7, 11) is -3.48. The largest absolute Gasteiger partial charge is 0.336 e. The molecule has 1 aliphatic heterocycles. The Bertz CT molecular complexity index is 674. The highest BCUT2D eigenvalue weighted by molar-refractivity contribution is 7.89. The van der Waals surface area contributed by atoms with Crippen LogP contribution in [-0.4, -0.2) is 73.7 Å². The number of piperazine rings is 1. The summed E-state index contributed by atoms with van der Waals surface area (Å²) in [6.45, 7) is 12.0. The minimum atomic E-state index is -3.48. The first-order valence-electron chi connectivity index (χ1n) is 8.94. The van der Waals surface area contributed by atoms with Crippen LogP contribution in [0, 0.1) is 0 Å². The Kier molecular flexibility index (Phi) is 6.59. The van der Waals surface area contributed by atoms with Crippen LogP contribution in [0.4, 0.5) is 0 Å². The van der Waals surface area contributed by atoms with Gasteiger partial charge in [-0.25, -0.2) is 8.42 Å². The van der Waals surface area contributed by atoms with Crippen LogP contribution in [0.5, 0.6) is 0 Å². The molecule has 0 bridgehead atoms. The van der Waals surface area contributed by atoms with Crippen molar-refractivity contribution in [1.29, 1.82) is 0 Å². The van der Waals surface area contributed by atoms with Crippen molar-refractivity contribution in [1.82, 2.24) is 14.1 Å². The van der Waals surface area contributed by atoms with Crippen LogP contribution in [0.25, 0.3) is 0 Å². The Labute approximate surface area is 151 Å². The molecule has 1 aromatic rings. The molecule has 6 nitrogen and oxygen atoms in total. The molecule has 140 valence electrons. The van der Waals surface area contributed by atoms with E-state index in [4.69, 9.17) is 0 Å². The Morgan fingerprint density at radius 1 is 1.04 bits per heavy atom. The van der Waals surface area contributed by atoms with Gasteiger partial charge in [-0.2, -0.15) is 4.31 Å². The van der Waals surface area contributed by atoms with Crippen LogP contribution in [0.3, 0.4) is 0 Å². The lowest BCUT2D eigenvalue weighted by Gasteiger charge is -2.37. The van der Waals surface area contributed by atoms with Crippen LogP contribution in [-0.2, 0) is 10.0 Å². The van der Waals surface area contributed by atoms with Gasteiger partial charge in [0.15, 0.2) is 0 Å². The van der Waals surface area contributed by atoms with Crippen LogP contribution >= 0.6 is 0 Å². The van der Waals surface area contributed by atoms with E-state index in [1.807, 2.05) is 18.7 Å². The van der Waals surface area contributed by atoms with E-state index >= 15 is 0 Å². The van der Waals surface area contributed by atoms with E-state index in [2.05, 4.69) is 18.7 Å². The van der Waals surface area contributed by atoms with E-state index in [1.165, 1.54) is 16.4 Å². The van der Waals surface area contributed by atoms with E-state index in [9.17, 15) is 13.2 Å². The minimum Gasteiger partial charge on any atom is -0.336 e. The molecule has 1 heterocycles. The second kappa shape index (κ2) is 8.29. The summed E-state index contributed by atoms with van der Waals surface area (Å²) >= 11 is 0. The smallest absolute Gasteiger partial charge is 0.253 e. The second-order valence-electron chi connectivity index (χ2n) is 6.54. The minimum absolute atomic E-state index is 0.0322. The fraction of sp³-hybridized carbons (Fsp3) is 0.611. The molecule has 1 aliphatic rings. The van der Waals surface area contributed by atoms with E-state index in [0.29, 0.717) is 37.8 Å². The average molecular weight is 368 g/mol. The van der Waals surface area contributed by atoms with Crippen LogP contribution in [0.15, 0.2) is 29.2 Å². The molecule has 0 radical (unpaired) electrons. The molecule has 0 N–H and O–H groups in total. The lowest BCUT2D eigenvalue weighted by molar-refractivity contribution is 0.0595. The van der Waals surface area contributed by atoms with Crippen molar-refractivity contribution in [2.24, 2.45) is 0 Å². The predicted octanol–water partition coefficient (Wildman–Crippen LogP) is 1.88. The second-order valence-corrected chi connectivity index (χ2v) is 8.47. The number of carbonyl (C=O) groups is 1. The number of benzene rings is 1. The lowest BCUT2D eigenvalue weighted by Crippen LogP contribution is -2.50. The molecule has 0 saturated carbocycles. The number of hydrogen-bond donors (Lipinski definition) is 0. The first-order chi connectivity index (χ1) is 11.8. The Morgan fingerprint density at radius 2 is 1.56 bits per heavy atom. The maximum absolute atomic E-state index is 12.6. The maximum Gasteiger partial charge on any atom is 0.253 e. The highest BCUT2D eigenvalue weighted by Crippen LogP contribution is 2.18. The van der Waals surface area contributed by atoms with Crippen LogP contribution in [0.1, 0.15) is 38.1 Å². The zero-order chi connectivity index (χ0) is 18.6. The fourth-order valence-electron chi connectivity index (χ4n) is 3.11. The predicted molar refractivity (Wildman–Crippen MR) is 99.2 cm³/mol. The van der Waals surface area contributed by atoms with Gasteiger partial charge >= 0.3 is 0 Å². The van der Waals surface area contributed by atoms with Gasteiger partial charge in [-0.3, -0.25) is 9.69 Å². The summed E-state index contributed by atoms with van der Waals surface area (Å²) in [5.74, 6) is -0.0322. The van der Waals surface area contributed by atoms with E-state index in [-0.39, 0.29) is 10.8 Å². The first-order valence-corrected chi connectivity index (χ1v) is 10.4. The quantitative estimate of drug-likeness (QED) is 0.770. The van der Waals surface area contributed by atoms with Crippen LogP contribution < -0.4 is 0 Å². The molecule has 0 spiro atoms. The zero-order valence-corrected chi connectivity index (χ0v) is 16.4. The van der Waals surface area contributed by atoms with Gasteiger partial charge in [0, 0.05) is 50.9 Å². The van der Waals surface area contributed by atoms with Gasteiger partial charge in [0.2, 0.25) is 10.0 Å². The van der Waals surface area contributed by atoms with Gasteiger partial charge in [-0.05, 0) is 38.1 Å². The Morgan fingerprint density at radius 3 is 2.00 bits per heavy atom. The summed E-state index contributed by atoms with van der Waals surface area (Å²) in [6.07, 6.45) is 0. The van der Waals surface area contributed by atoms with Gasteiger partial charge in [0.1, 0.15) is 0 Å². The summed E-state index contributed by atoms with van der Waals surface area (Å²) in [5, 5.41) is 0. The summed E-state index contributed by atoms with van der Waals surface area (Å²) < 4.78 is 26.4. The SMILES string of the molecule is CCN(CC)S(=O)(=O)c1ccc(C(=O)N2CCN(C(C)C)CC2)cc1. The summed E-state index contributed by atoms with van der Waals surface area (Å²) in [4.78, 5) is 17.1. The third-order valence-electron chi connectivity index (χ3n) is 4.78. The number of amides is 1. The topological polar surface area (TPSA) is 60.9 Å². The third-order valence-corrected chi connectivity index (χ3v) is 6.84. The van der Waals surface area contributed by atoms with Gasteiger partial charge in [0.25, 0.3) is 5.91 Å². The number of carbonyl (C=O) groups excluding carboxylic acids is 1. The van der Waals surface area contributed by atoms with E-state index in [0.717, 1.165) is 13.1 Å². The van der Waals surface area contributed by atoms with Crippen molar-refractivity contribution >= 4 is 15.9 Å². The van der Waals surface area contributed by atoms with Crippen molar-refractivity contribution in [2.75, 3.05) is 39.3 Å². The first kappa shape index (κ1) is 19.9. The van der Waals surface area contributed by atoms with Gasteiger partial charge in [-0.15, -0.1) is 0 Å². The molecule has 1 amide bonds. The molecule has 0 unspecified atom stereocenters. The van der Waals surface area contributed by atoms with Crippen molar-refractivity contribution < 1.29 is 13.2 Å². The van der Waals surface area contributed by atoms with Gasteiger partial charge in [0.05, 0.1) is 4.90 Å². The Hall–Kier alpha value is -1.44. The van der Waals surface area contributed by atoms with Crippen molar-refractivity contribution in [3.8, 4) is 0 Å². The number of nitrogens with zero attached hydrogens (tertiary/aromatic N) is 3. The molecule has 7 heteroatoms. The number of rotatable bonds is 6. The molecule has 1 saturated heterocycles. The highest BCUT2D eigenvalue weighted by atomic mass is 32.2. The molecule has 0 aliphatic carbocycles.